The summed E-state index contributed by atoms with van der Waals surface area (Å²) in [5.74, 6) is -0.543. The Kier molecular flexibility index (Phi) is 14.1. The summed E-state index contributed by atoms with van der Waals surface area (Å²) in [5.41, 5.74) is 10.6. The van der Waals surface area contributed by atoms with Gasteiger partial charge in [-0.05, 0) is 113 Å². The zero-order chi connectivity index (χ0) is 42.3. The zero-order valence-electron chi connectivity index (χ0n) is 36.9. The van der Waals surface area contributed by atoms with E-state index in [1.54, 1.807) is 14.2 Å². The Morgan fingerprint density at radius 2 is 1.20 bits per heavy atom. The van der Waals surface area contributed by atoms with Crippen LogP contribution in [0.15, 0.2) is 121 Å². The molecule has 0 amide bonds. The van der Waals surface area contributed by atoms with Crippen LogP contribution in [-0.4, -0.2) is 53.6 Å². The molecular formula is C52H64O7Si. The summed E-state index contributed by atoms with van der Waals surface area (Å²) in [5, 5.41) is -0.0160. The second kappa shape index (κ2) is 19.3. The molecule has 0 bridgehead atoms. The van der Waals surface area contributed by atoms with Crippen LogP contribution in [0.5, 0.6) is 5.75 Å². The van der Waals surface area contributed by atoms with E-state index < -0.39 is 38.5 Å². The second-order valence-corrected chi connectivity index (χ2v) is 22.7. The van der Waals surface area contributed by atoms with Gasteiger partial charge in [0.1, 0.15) is 30.2 Å². The number of hydrogen-bond acceptors (Lipinski definition) is 7. The molecule has 1 saturated heterocycles. The average Bonchev–Trinajstić information content (AvgIpc) is 3.77. The molecule has 60 heavy (non-hydrogen) atoms. The van der Waals surface area contributed by atoms with Crippen LogP contribution in [0.1, 0.15) is 77.3 Å². The minimum Gasteiger partial charge on any atom is -0.497 e. The van der Waals surface area contributed by atoms with Crippen molar-refractivity contribution in [3.63, 3.8) is 0 Å². The molecule has 0 spiro atoms. The Bertz CT molecular complexity index is 2120. The van der Waals surface area contributed by atoms with Gasteiger partial charge < -0.3 is 32.8 Å². The molecule has 1 heterocycles. The summed E-state index contributed by atoms with van der Waals surface area (Å²) in [7, 11) is 1.20. The van der Waals surface area contributed by atoms with Crippen molar-refractivity contribution >= 4 is 8.32 Å². The average molecular weight is 829 g/mol. The number of fused-ring (bicyclic) bond motifs is 1. The van der Waals surface area contributed by atoms with Crippen LogP contribution in [0.4, 0.5) is 0 Å². The predicted molar refractivity (Wildman–Crippen MR) is 241 cm³/mol. The highest BCUT2D eigenvalue weighted by Crippen LogP contribution is 2.48. The van der Waals surface area contributed by atoms with Gasteiger partial charge in [0.15, 0.2) is 8.32 Å². The first-order valence-corrected chi connectivity index (χ1v) is 24.4. The Hall–Kier alpha value is -4.12. The van der Waals surface area contributed by atoms with E-state index in [9.17, 15) is 0 Å². The SMILES string of the molecule is COc1ccc(Cc2cc(C3(OC)O[C@H](CO[Si](C)(C)C(C)(C)C)[C@@H](OCc4ccccc4)[C@H](OCc4ccccc4)[C@H]3OCc3ccccc3)c(C)c3c2CCC3)cc1. The minimum atomic E-state index is -2.25. The largest absolute Gasteiger partial charge is 0.497 e. The number of benzene rings is 5. The van der Waals surface area contributed by atoms with E-state index in [4.69, 9.17) is 32.8 Å². The zero-order valence-corrected chi connectivity index (χ0v) is 37.9. The van der Waals surface area contributed by atoms with Gasteiger partial charge in [0, 0.05) is 12.7 Å². The van der Waals surface area contributed by atoms with Crippen molar-refractivity contribution in [2.45, 2.75) is 122 Å². The van der Waals surface area contributed by atoms with E-state index in [0.717, 1.165) is 53.7 Å². The summed E-state index contributed by atoms with van der Waals surface area (Å²) in [6, 6.07) is 41.6. The van der Waals surface area contributed by atoms with Crippen LogP contribution in [0.25, 0.3) is 0 Å². The van der Waals surface area contributed by atoms with Crippen LogP contribution in [0.3, 0.4) is 0 Å². The van der Waals surface area contributed by atoms with Gasteiger partial charge >= 0.3 is 0 Å². The lowest BCUT2D eigenvalue weighted by Gasteiger charge is -2.53. The van der Waals surface area contributed by atoms with Crippen LogP contribution in [0.2, 0.25) is 18.1 Å². The highest BCUT2D eigenvalue weighted by molar-refractivity contribution is 6.74. The van der Waals surface area contributed by atoms with Gasteiger partial charge in [0.05, 0.1) is 33.5 Å². The molecule has 0 N–H and O–H groups in total. The number of hydrogen-bond donors (Lipinski definition) is 0. The molecule has 5 atom stereocenters. The van der Waals surface area contributed by atoms with Gasteiger partial charge in [-0.2, -0.15) is 0 Å². The van der Waals surface area contributed by atoms with Crippen LogP contribution >= 0.6 is 0 Å². The van der Waals surface area contributed by atoms with Gasteiger partial charge in [0.2, 0.25) is 5.79 Å². The Morgan fingerprint density at radius 1 is 0.667 bits per heavy atom. The van der Waals surface area contributed by atoms with E-state index >= 15 is 0 Å². The number of rotatable bonds is 17. The molecule has 7 nitrogen and oxygen atoms in total. The standard InChI is InChI=1S/C52H64O7Si/c1-37-44-25-18-26-45(44)42(31-38-27-29-43(53-5)30-28-38)32-46(37)52(54-6)50(57-35-41-23-16-11-17-24-41)49(56-34-40-21-14-10-15-22-40)48(55-33-39-19-12-9-13-20-39)47(59-52)36-58-60(7,8)51(2,3)4/h9-17,19-24,27-30,32,47-50H,18,25-26,31,33-36H2,1-8H3/t47-,48-,49+,50-,52?/m1/s1. The molecule has 5 aromatic rings. The molecular weight excluding hydrogens is 765 g/mol. The third-order valence-corrected chi connectivity index (χ3v) is 17.5. The maximum Gasteiger partial charge on any atom is 0.225 e. The van der Waals surface area contributed by atoms with Gasteiger partial charge in [-0.15, -0.1) is 0 Å². The molecule has 8 heteroatoms. The van der Waals surface area contributed by atoms with E-state index in [2.05, 4.69) is 95.4 Å². The summed E-state index contributed by atoms with van der Waals surface area (Å²) >= 11 is 0. The summed E-state index contributed by atoms with van der Waals surface area (Å²) < 4.78 is 48.6. The van der Waals surface area contributed by atoms with Crippen molar-refractivity contribution < 1.29 is 32.8 Å². The molecule has 1 fully saturated rings. The molecule has 0 radical (unpaired) electrons. The van der Waals surface area contributed by atoms with Crippen molar-refractivity contribution in [3.05, 3.63) is 171 Å². The molecule has 1 aliphatic carbocycles. The van der Waals surface area contributed by atoms with Gasteiger partial charge in [-0.3, -0.25) is 0 Å². The molecule has 0 saturated carbocycles. The first kappa shape index (κ1) is 43.9. The smallest absolute Gasteiger partial charge is 0.225 e. The van der Waals surface area contributed by atoms with Crippen LogP contribution in [0, 0.1) is 6.92 Å². The first-order valence-electron chi connectivity index (χ1n) is 21.5. The number of methoxy groups -OCH3 is 2. The third kappa shape index (κ3) is 9.82. The lowest BCUT2D eigenvalue weighted by atomic mass is 9.81. The number of ether oxygens (including phenoxy) is 6. The monoisotopic (exact) mass is 828 g/mol. The highest BCUT2D eigenvalue weighted by atomic mass is 28.4. The Morgan fingerprint density at radius 3 is 1.73 bits per heavy atom. The normalized spacial score (nSPS) is 21.8. The van der Waals surface area contributed by atoms with E-state index in [1.807, 2.05) is 66.7 Å². The first-order chi connectivity index (χ1) is 28.9. The molecule has 7 rings (SSSR count). The lowest BCUT2D eigenvalue weighted by molar-refractivity contribution is -0.384. The van der Waals surface area contributed by atoms with Crippen molar-refractivity contribution in [1.82, 2.24) is 0 Å². The van der Waals surface area contributed by atoms with Crippen molar-refractivity contribution in [2.24, 2.45) is 0 Å². The van der Waals surface area contributed by atoms with Gasteiger partial charge in [0.25, 0.3) is 0 Å². The third-order valence-electron chi connectivity index (χ3n) is 13.0. The molecule has 1 unspecified atom stereocenters. The Labute approximate surface area is 359 Å². The fraction of sp³-hybridized carbons (Fsp3) is 0.423. The summed E-state index contributed by atoms with van der Waals surface area (Å²) in [6.07, 6.45) is 1.39. The topological polar surface area (TPSA) is 64.6 Å². The van der Waals surface area contributed by atoms with Crippen LogP contribution < -0.4 is 4.74 Å². The second-order valence-electron chi connectivity index (χ2n) is 17.9. The van der Waals surface area contributed by atoms with Gasteiger partial charge in [-0.1, -0.05) is 124 Å². The summed E-state index contributed by atoms with van der Waals surface area (Å²) in [4.78, 5) is 0. The van der Waals surface area contributed by atoms with Gasteiger partial charge in [-0.25, -0.2) is 0 Å². The molecule has 5 aromatic carbocycles. The maximum absolute atomic E-state index is 7.61. The minimum absolute atomic E-state index is 0.0160. The van der Waals surface area contributed by atoms with Crippen molar-refractivity contribution in [2.75, 3.05) is 20.8 Å². The van der Waals surface area contributed by atoms with Crippen LogP contribution in [-0.2, 0) is 73.0 Å². The molecule has 318 valence electrons. The summed E-state index contributed by atoms with van der Waals surface area (Å²) in [6.45, 7) is 14.9. The highest BCUT2D eigenvalue weighted by Gasteiger charge is 2.59. The van der Waals surface area contributed by atoms with Crippen molar-refractivity contribution in [1.29, 1.82) is 0 Å². The molecule has 2 aliphatic rings. The van der Waals surface area contributed by atoms with Crippen molar-refractivity contribution in [3.8, 4) is 5.75 Å². The molecule has 1 aliphatic heterocycles. The Balaban J connectivity index is 1.39. The quantitative estimate of drug-likeness (QED) is 0.0865. The predicted octanol–water partition coefficient (Wildman–Crippen LogP) is 11.1. The van der Waals surface area contributed by atoms with E-state index in [-0.39, 0.29) is 5.04 Å². The van der Waals surface area contributed by atoms with E-state index in [1.165, 1.54) is 27.8 Å². The maximum atomic E-state index is 7.61. The lowest BCUT2D eigenvalue weighted by Crippen LogP contribution is -2.67. The fourth-order valence-corrected chi connectivity index (χ4v) is 9.51. The molecule has 0 aromatic heterocycles. The van der Waals surface area contributed by atoms with E-state index in [0.29, 0.717) is 26.4 Å². The fourth-order valence-electron chi connectivity index (χ4n) is 8.50.